The number of fused-ring (bicyclic) bond motifs is 3. The van der Waals surface area contributed by atoms with E-state index >= 15 is 0 Å². The summed E-state index contributed by atoms with van der Waals surface area (Å²) < 4.78 is 42.7. The largest absolute Gasteiger partial charge is 0.495 e. The summed E-state index contributed by atoms with van der Waals surface area (Å²) in [5.74, 6) is -0.456. The number of nitrogens with zero attached hydrogens (tertiary/aromatic N) is 3. The molecule has 2 aliphatic heterocycles. The predicted octanol–water partition coefficient (Wildman–Crippen LogP) is 2.31. The van der Waals surface area contributed by atoms with Crippen LogP contribution in [0.1, 0.15) is 23.2 Å². The van der Waals surface area contributed by atoms with Crippen molar-refractivity contribution < 1.29 is 37.1 Å². The van der Waals surface area contributed by atoms with Crippen LogP contribution in [0.3, 0.4) is 0 Å². The molecule has 0 saturated carbocycles. The zero-order valence-electron chi connectivity index (χ0n) is 20.3. The number of aromatic nitrogens is 1. The third-order valence-corrected chi connectivity index (χ3v) is 5.98. The van der Waals surface area contributed by atoms with Crippen LogP contribution < -0.4 is 14.8 Å². The molecule has 0 radical (unpaired) electrons. The van der Waals surface area contributed by atoms with E-state index in [4.69, 9.17) is 13.9 Å². The second-order valence-electron chi connectivity index (χ2n) is 8.54. The molecule has 12 heteroatoms. The Balaban J connectivity index is 0.000000225. The summed E-state index contributed by atoms with van der Waals surface area (Å²) in [6, 6.07) is 7.10. The van der Waals surface area contributed by atoms with Crippen molar-refractivity contribution in [3.63, 3.8) is 0 Å². The van der Waals surface area contributed by atoms with Gasteiger partial charge in [-0.15, -0.1) is 0 Å². The molecule has 10 nitrogen and oxygen atoms in total. The van der Waals surface area contributed by atoms with Gasteiger partial charge in [-0.05, 0) is 37.3 Å². The number of ether oxygens (including phenoxy) is 2. The van der Waals surface area contributed by atoms with E-state index in [1.807, 2.05) is 0 Å². The van der Waals surface area contributed by atoms with Crippen molar-refractivity contribution in [2.75, 3.05) is 33.4 Å². The lowest BCUT2D eigenvalue weighted by Crippen LogP contribution is -2.56. The molecule has 3 aromatic rings. The maximum Gasteiger partial charge on any atom is 0.294 e. The normalized spacial score (nSPS) is 17.1. The summed E-state index contributed by atoms with van der Waals surface area (Å²) in [5, 5.41) is 2.90. The smallest absolute Gasteiger partial charge is 0.294 e. The van der Waals surface area contributed by atoms with Gasteiger partial charge in [-0.2, -0.15) is 0 Å². The number of nitrogens with one attached hydrogen (secondary N) is 1. The number of pyridine rings is 1. The van der Waals surface area contributed by atoms with E-state index in [0.29, 0.717) is 29.7 Å². The lowest BCUT2D eigenvalue weighted by atomic mass is 10.2. The van der Waals surface area contributed by atoms with Gasteiger partial charge in [-0.3, -0.25) is 19.4 Å². The lowest BCUT2D eigenvalue weighted by molar-refractivity contribution is -0.139. The molecule has 0 aliphatic carbocycles. The number of alkyl halides is 1. The van der Waals surface area contributed by atoms with Crippen molar-refractivity contribution in [2.45, 2.75) is 25.7 Å². The van der Waals surface area contributed by atoms with Crippen molar-refractivity contribution in [1.82, 2.24) is 20.1 Å². The van der Waals surface area contributed by atoms with Crippen LogP contribution in [-0.2, 0) is 16.1 Å². The van der Waals surface area contributed by atoms with Gasteiger partial charge in [0, 0.05) is 6.20 Å². The molecule has 5 rings (SSSR count). The maximum absolute atomic E-state index is 13.5. The van der Waals surface area contributed by atoms with Crippen molar-refractivity contribution in [3.05, 3.63) is 53.8 Å². The number of carbonyl (C=O) groups is 3. The zero-order chi connectivity index (χ0) is 26.5. The third kappa shape index (κ3) is 5.63. The molecule has 1 atom stereocenters. The summed E-state index contributed by atoms with van der Waals surface area (Å²) in [6.45, 7) is 2.22. The zero-order valence-corrected chi connectivity index (χ0v) is 20.3. The van der Waals surface area contributed by atoms with Crippen LogP contribution in [0.4, 0.5) is 8.78 Å². The molecule has 0 bridgehead atoms. The highest BCUT2D eigenvalue weighted by Crippen LogP contribution is 2.36. The summed E-state index contributed by atoms with van der Waals surface area (Å²) in [4.78, 5) is 41.8. The minimum absolute atomic E-state index is 0.0512. The topological polar surface area (TPSA) is 114 Å². The summed E-state index contributed by atoms with van der Waals surface area (Å²) in [6.07, 6.45) is 1.29. The van der Waals surface area contributed by atoms with Crippen molar-refractivity contribution in [3.8, 4) is 11.5 Å². The highest BCUT2D eigenvalue weighted by atomic mass is 19.1. The van der Waals surface area contributed by atoms with E-state index in [1.165, 1.54) is 28.0 Å². The summed E-state index contributed by atoms with van der Waals surface area (Å²) in [5.41, 5.74) is 1.07. The molecule has 1 unspecified atom stereocenters. The number of hydrogen-bond acceptors (Lipinski definition) is 7. The van der Waals surface area contributed by atoms with E-state index in [1.54, 1.807) is 32.4 Å². The van der Waals surface area contributed by atoms with Crippen LogP contribution in [0.15, 0.2) is 40.9 Å². The molecule has 3 amide bonds. The molecule has 2 aliphatic rings. The first kappa shape index (κ1) is 25.9. The van der Waals surface area contributed by atoms with Gasteiger partial charge in [0.2, 0.25) is 18.1 Å². The molecule has 1 N–H and O–H groups in total. The van der Waals surface area contributed by atoms with Gasteiger partial charge in [-0.1, -0.05) is 0 Å². The van der Waals surface area contributed by atoms with Crippen LogP contribution in [0.5, 0.6) is 11.5 Å². The second-order valence-corrected chi connectivity index (χ2v) is 8.54. The van der Waals surface area contributed by atoms with Gasteiger partial charge in [-0.25, -0.2) is 8.78 Å². The Morgan fingerprint density at radius 2 is 2.11 bits per heavy atom. The first-order chi connectivity index (χ1) is 17.8. The van der Waals surface area contributed by atoms with Crippen LogP contribution in [0.2, 0.25) is 0 Å². The van der Waals surface area contributed by atoms with Gasteiger partial charge in [0.15, 0.2) is 5.75 Å². The standard InChI is InChI=1S/C17H16F2N2O4.C8H10N2O2/c1-9-8-24-15-12-4-10(18)2-3-13(12)25-16(15)17(23)21(9)7-14(22)20-5-11(19)6-20;1-12-8-3-2-4-10-7(8)5-9-6-11/h2-4,9,11H,5-8H2,1H3;2-4,6H,5H2,1H3,(H,9,11). The Hall–Kier alpha value is -4.22. The second kappa shape index (κ2) is 11.2. The minimum atomic E-state index is -0.999. The molecule has 1 saturated heterocycles. The van der Waals surface area contributed by atoms with Crippen LogP contribution in [0.25, 0.3) is 11.0 Å². The highest BCUT2D eigenvalue weighted by Gasteiger charge is 2.37. The fourth-order valence-corrected chi connectivity index (χ4v) is 3.94. The highest BCUT2D eigenvalue weighted by molar-refractivity contribution is 6.03. The SMILES string of the molecule is CC1COc2c(oc3ccc(F)cc23)C(=O)N1CC(=O)N1CC(F)C1.COc1cccnc1CNC=O. The molecule has 1 aromatic carbocycles. The quantitative estimate of drug-likeness (QED) is 0.500. The van der Waals surface area contributed by atoms with E-state index in [9.17, 15) is 23.2 Å². The Kier molecular flexibility index (Phi) is 7.85. The first-order valence-corrected chi connectivity index (χ1v) is 11.5. The maximum atomic E-state index is 13.5. The van der Waals surface area contributed by atoms with Gasteiger partial charge in [0.05, 0.1) is 38.2 Å². The van der Waals surface area contributed by atoms with Crippen molar-refractivity contribution >= 4 is 29.2 Å². The molecule has 196 valence electrons. The summed E-state index contributed by atoms with van der Waals surface area (Å²) in [7, 11) is 1.57. The third-order valence-electron chi connectivity index (χ3n) is 5.98. The Morgan fingerprint density at radius 3 is 2.81 bits per heavy atom. The molecule has 2 aromatic heterocycles. The predicted molar refractivity (Wildman–Crippen MR) is 127 cm³/mol. The van der Waals surface area contributed by atoms with Gasteiger partial charge >= 0.3 is 0 Å². The van der Waals surface area contributed by atoms with E-state index < -0.39 is 17.9 Å². The molecule has 4 heterocycles. The van der Waals surface area contributed by atoms with E-state index in [2.05, 4.69) is 10.3 Å². The summed E-state index contributed by atoms with van der Waals surface area (Å²) >= 11 is 0. The van der Waals surface area contributed by atoms with Crippen LogP contribution in [-0.4, -0.2) is 78.6 Å². The van der Waals surface area contributed by atoms with Gasteiger partial charge < -0.3 is 29.0 Å². The number of halogens is 2. The van der Waals surface area contributed by atoms with E-state index in [-0.39, 0.29) is 49.7 Å². The van der Waals surface area contributed by atoms with Crippen LogP contribution in [0, 0.1) is 5.82 Å². The lowest BCUT2D eigenvalue weighted by Gasteiger charge is -2.36. The molecular weight excluding hydrogens is 490 g/mol. The van der Waals surface area contributed by atoms with E-state index in [0.717, 1.165) is 5.69 Å². The average molecular weight is 517 g/mol. The average Bonchev–Trinajstić information content (AvgIpc) is 3.19. The number of amides is 3. The number of methoxy groups -OCH3 is 1. The number of benzene rings is 1. The molecule has 1 fully saturated rings. The fourth-order valence-electron chi connectivity index (χ4n) is 3.94. The number of likely N-dealkylation sites (tertiary alicyclic amines) is 1. The van der Waals surface area contributed by atoms with Crippen molar-refractivity contribution in [1.29, 1.82) is 0 Å². The first-order valence-electron chi connectivity index (χ1n) is 11.5. The van der Waals surface area contributed by atoms with Crippen molar-refractivity contribution in [2.24, 2.45) is 0 Å². The minimum Gasteiger partial charge on any atom is -0.495 e. The monoisotopic (exact) mass is 516 g/mol. The number of furan rings is 1. The van der Waals surface area contributed by atoms with Gasteiger partial charge in [0.1, 0.15) is 42.2 Å². The Bertz CT molecular complexity index is 1290. The molecular formula is C25H26F2N4O6. The van der Waals surface area contributed by atoms with Gasteiger partial charge in [0.25, 0.3) is 5.91 Å². The number of carbonyl (C=O) groups excluding carboxylic acids is 3. The Labute approximate surface area is 211 Å². The molecule has 0 spiro atoms. The van der Waals surface area contributed by atoms with Crippen LogP contribution >= 0.6 is 0 Å². The fraction of sp³-hybridized carbons (Fsp3) is 0.360. The number of hydrogen-bond donors (Lipinski definition) is 1. The Morgan fingerprint density at radius 1 is 1.32 bits per heavy atom. The number of rotatable bonds is 6. The molecule has 37 heavy (non-hydrogen) atoms.